The molecule has 0 saturated heterocycles. The molecule has 0 atom stereocenters. The first-order valence-electron chi connectivity index (χ1n) is 5.08. The fraction of sp³-hybridized carbons (Fsp3) is 0.0714. The van der Waals surface area contributed by atoms with Gasteiger partial charge in [-0.25, -0.2) is 0 Å². The fourth-order valence-electron chi connectivity index (χ4n) is 1.51. The molecular formula is C14H12Cl2O. The molecule has 0 heterocycles. The van der Waals surface area contributed by atoms with Crippen LogP contribution < -0.4 is 0 Å². The van der Waals surface area contributed by atoms with Crippen molar-refractivity contribution in [2.24, 2.45) is 0 Å². The summed E-state index contributed by atoms with van der Waals surface area (Å²) in [6.45, 7) is 0. The van der Waals surface area contributed by atoms with Crippen molar-refractivity contribution in [2.45, 2.75) is 6.42 Å². The number of carbonyl (C=O) groups is 1. The maximum atomic E-state index is 11.9. The summed E-state index contributed by atoms with van der Waals surface area (Å²) in [5.74, 6) is 0.128. The van der Waals surface area contributed by atoms with Crippen LogP contribution in [-0.4, -0.2) is 5.78 Å². The minimum absolute atomic E-state index is 0. The Labute approximate surface area is 112 Å². The molecule has 0 aliphatic carbocycles. The topological polar surface area (TPSA) is 17.1 Å². The number of ketones is 1. The van der Waals surface area contributed by atoms with Crippen molar-refractivity contribution >= 4 is 29.8 Å². The van der Waals surface area contributed by atoms with Gasteiger partial charge in [-0.15, -0.1) is 12.4 Å². The average Bonchev–Trinajstić information content (AvgIpc) is 2.33. The van der Waals surface area contributed by atoms with E-state index in [4.69, 9.17) is 11.6 Å². The van der Waals surface area contributed by atoms with Gasteiger partial charge in [-0.05, 0) is 17.7 Å². The molecule has 0 aliphatic rings. The molecule has 17 heavy (non-hydrogen) atoms. The van der Waals surface area contributed by atoms with Gasteiger partial charge in [-0.3, -0.25) is 4.79 Å². The predicted octanol–water partition coefficient (Wildman–Crippen LogP) is 4.19. The van der Waals surface area contributed by atoms with Crippen molar-refractivity contribution in [1.29, 1.82) is 0 Å². The lowest BCUT2D eigenvalue weighted by molar-refractivity contribution is 0.0993. The van der Waals surface area contributed by atoms with E-state index in [1.54, 1.807) is 12.1 Å². The molecule has 2 rings (SSSR count). The van der Waals surface area contributed by atoms with Gasteiger partial charge in [0.1, 0.15) is 0 Å². The van der Waals surface area contributed by atoms with E-state index in [-0.39, 0.29) is 18.2 Å². The third-order valence-corrected chi connectivity index (χ3v) is 2.63. The Morgan fingerprint density at radius 1 is 0.941 bits per heavy atom. The molecule has 3 heteroatoms. The second-order valence-electron chi connectivity index (χ2n) is 3.59. The third-order valence-electron chi connectivity index (χ3n) is 2.37. The van der Waals surface area contributed by atoms with Crippen LogP contribution in [0, 0.1) is 0 Å². The van der Waals surface area contributed by atoms with Crippen LogP contribution in [0.2, 0.25) is 5.02 Å². The maximum Gasteiger partial charge on any atom is 0.167 e. The first-order chi connectivity index (χ1) is 7.75. The number of hydrogen-bond acceptors (Lipinski definition) is 1. The maximum absolute atomic E-state index is 11.9. The standard InChI is InChI=1S/C14H11ClO.ClH/c15-13-8-6-11(7-9-13)10-14(16)12-4-2-1-3-5-12;/h1-9H,10H2;1H. The quantitative estimate of drug-likeness (QED) is 0.762. The van der Waals surface area contributed by atoms with Gasteiger partial charge < -0.3 is 0 Å². The van der Waals surface area contributed by atoms with Crippen LogP contribution in [0.4, 0.5) is 0 Å². The molecule has 0 spiro atoms. The highest BCUT2D eigenvalue weighted by atomic mass is 35.5. The van der Waals surface area contributed by atoms with Gasteiger partial charge in [0, 0.05) is 17.0 Å². The van der Waals surface area contributed by atoms with Crippen LogP contribution in [0.15, 0.2) is 54.6 Å². The van der Waals surface area contributed by atoms with Crippen molar-refractivity contribution < 1.29 is 4.79 Å². The largest absolute Gasteiger partial charge is 0.294 e. The van der Waals surface area contributed by atoms with E-state index in [0.717, 1.165) is 11.1 Å². The van der Waals surface area contributed by atoms with Crippen LogP contribution in [0.5, 0.6) is 0 Å². The number of Topliss-reactive ketones (excluding diaryl/α,β-unsaturated/α-hetero) is 1. The molecule has 0 saturated carbocycles. The lowest BCUT2D eigenvalue weighted by Gasteiger charge is -2.01. The summed E-state index contributed by atoms with van der Waals surface area (Å²) in [4.78, 5) is 11.9. The number of rotatable bonds is 3. The normalized spacial score (nSPS) is 9.47. The Bertz CT molecular complexity index is 477. The van der Waals surface area contributed by atoms with Gasteiger partial charge in [0.15, 0.2) is 5.78 Å². The second kappa shape index (κ2) is 6.43. The molecule has 0 aromatic heterocycles. The van der Waals surface area contributed by atoms with E-state index in [2.05, 4.69) is 0 Å². The Morgan fingerprint density at radius 2 is 1.53 bits per heavy atom. The van der Waals surface area contributed by atoms with Crippen LogP contribution in [0.1, 0.15) is 15.9 Å². The molecule has 0 fully saturated rings. The second-order valence-corrected chi connectivity index (χ2v) is 4.03. The van der Waals surface area contributed by atoms with Crippen molar-refractivity contribution in [1.82, 2.24) is 0 Å². The Kier molecular flexibility index (Phi) is 5.20. The molecule has 0 N–H and O–H groups in total. The Morgan fingerprint density at radius 3 is 2.12 bits per heavy atom. The van der Waals surface area contributed by atoms with Crippen molar-refractivity contribution in [3.63, 3.8) is 0 Å². The summed E-state index contributed by atoms with van der Waals surface area (Å²) in [7, 11) is 0. The fourth-order valence-corrected chi connectivity index (χ4v) is 1.64. The van der Waals surface area contributed by atoms with E-state index in [1.165, 1.54) is 0 Å². The van der Waals surface area contributed by atoms with Crippen molar-refractivity contribution in [3.05, 3.63) is 70.7 Å². The Hall–Kier alpha value is -1.31. The van der Waals surface area contributed by atoms with Gasteiger partial charge in [0.05, 0.1) is 0 Å². The first-order valence-corrected chi connectivity index (χ1v) is 5.46. The van der Waals surface area contributed by atoms with Gasteiger partial charge >= 0.3 is 0 Å². The minimum Gasteiger partial charge on any atom is -0.294 e. The summed E-state index contributed by atoms with van der Waals surface area (Å²) >= 11 is 5.78. The smallest absolute Gasteiger partial charge is 0.167 e. The molecule has 0 aliphatic heterocycles. The van der Waals surface area contributed by atoms with E-state index in [1.807, 2.05) is 42.5 Å². The van der Waals surface area contributed by atoms with Crippen molar-refractivity contribution in [3.8, 4) is 0 Å². The zero-order chi connectivity index (χ0) is 11.4. The summed E-state index contributed by atoms with van der Waals surface area (Å²) in [5.41, 5.74) is 1.73. The highest BCUT2D eigenvalue weighted by Crippen LogP contribution is 2.12. The minimum atomic E-state index is 0. The number of halogens is 2. The Balaban J connectivity index is 0.00000144. The van der Waals surface area contributed by atoms with Gasteiger partial charge in [-0.2, -0.15) is 0 Å². The highest BCUT2D eigenvalue weighted by molar-refractivity contribution is 6.30. The summed E-state index contributed by atoms with van der Waals surface area (Å²) in [5, 5.41) is 0.691. The van der Waals surface area contributed by atoms with Crippen LogP contribution >= 0.6 is 24.0 Å². The molecule has 0 unspecified atom stereocenters. The summed E-state index contributed by atoms with van der Waals surface area (Å²) in [6.07, 6.45) is 0.418. The van der Waals surface area contributed by atoms with E-state index in [0.29, 0.717) is 11.4 Å². The zero-order valence-corrected chi connectivity index (χ0v) is 10.7. The number of benzene rings is 2. The monoisotopic (exact) mass is 266 g/mol. The van der Waals surface area contributed by atoms with Gasteiger partial charge in [0.25, 0.3) is 0 Å². The summed E-state index contributed by atoms with van der Waals surface area (Å²) in [6, 6.07) is 16.7. The lowest BCUT2D eigenvalue weighted by atomic mass is 10.0. The summed E-state index contributed by atoms with van der Waals surface area (Å²) < 4.78 is 0. The van der Waals surface area contributed by atoms with Gasteiger partial charge in [-0.1, -0.05) is 54.1 Å². The number of carbonyl (C=O) groups excluding carboxylic acids is 1. The van der Waals surface area contributed by atoms with E-state index in [9.17, 15) is 4.79 Å². The van der Waals surface area contributed by atoms with E-state index < -0.39 is 0 Å². The van der Waals surface area contributed by atoms with Crippen LogP contribution in [0.25, 0.3) is 0 Å². The van der Waals surface area contributed by atoms with Gasteiger partial charge in [0.2, 0.25) is 0 Å². The predicted molar refractivity (Wildman–Crippen MR) is 73.2 cm³/mol. The molecule has 1 nitrogen and oxygen atoms in total. The average molecular weight is 267 g/mol. The molecule has 0 amide bonds. The molecule has 88 valence electrons. The lowest BCUT2D eigenvalue weighted by Crippen LogP contribution is -2.02. The molecule has 0 radical (unpaired) electrons. The third kappa shape index (κ3) is 3.88. The number of hydrogen-bond donors (Lipinski definition) is 0. The SMILES string of the molecule is Cl.O=C(Cc1ccc(Cl)cc1)c1ccccc1. The molecule has 2 aromatic rings. The van der Waals surface area contributed by atoms with Crippen LogP contribution in [0.3, 0.4) is 0 Å². The molecular weight excluding hydrogens is 255 g/mol. The molecule has 0 bridgehead atoms. The molecule has 2 aromatic carbocycles. The highest BCUT2D eigenvalue weighted by Gasteiger charge is 2.05. The first kappa shape index (κ1) is 13.8. The van der Waals surface area contributed by atoms with E-state index >= 15 is 0 Å². The zero-order valence-electron chi connectivity index (χ0n) is 9.10. The van der Waals surface area contributed by atoms with Crippen LogP contribution in [-0.2, 0) is 6.42 Å². The van der Waals surface area contributed by atoms with Crippen molar-refractivity contribution in [2.75, 3.05) is 0 Å².